The van der Waals surface area contributed by atoms with E-state index in [4.69, 9.17) is 5.73 Å². The summed E-state index contributed by atoms with van der Waals surface area (Å²) >= 11 is 1.32. The van der Waals surface area contributed by atoms with Gasteiger partial charge in [0.05, 0.1) is 18.0 Å². The van der Waals surface area contributed by atoms with Crippen molar-refractivity contribution in [2.24, 2.45) is 5.73 Å². The molecule has 132 valence electrons. The Kier molecular flexibility index (Phi) is 7.15. The highest BCUT2D eigenvalue weighted by Crippen LogP contribution is 2.23. The number of para-hydroxylation sites is 1. The first-order valence-corrected chi connectivity index (χ1v) is 9.59. The van der Waals surface area contributed by atoms with Gasteiger partial charge in [0.15, 0.2) is 0 Å². The largest absolute Gasteiger partial charge is 0.344 e. The Bertz CT molecular complexity index is 808. The summed E-state index contributed by atoms with van der Waals surface area (Å²) in [5, 5.41) is 5.13. The summed E-state index contributed by atoms with van der Waals surface area (Å²) in [5.41, 5.74) is 6.89. The molecule has 1 amide bonds. The van der Waals surface area contributed by atoms with Crippen LogP contribution in [0.3, 0.4) is 0 Å². The molecule has 1 atom stereocenters. The zero-order chi connectivity index (χ0) is 17.0. The van der Waals surface area contributed by atoms with Crippen molar-refractivity contribution in [1.29, 1.82) is 0 Å². The quantitative estimate of drug-likeness (QED) is 0.696. The molecule has 10 heteroatoms. The molecule has 0 fully saturated rings. The van der Waals surface area contributed by atoms with Gasteiger partial charge in [-0.3, -0.25) is 9.52 Å². The minimum atomic E-state index is -3.40. The van der Waals surface area contributed by atoms with Crippen LogP contribution in [-0.4, -0.2) is 25.6 Å². The number of benzene rings is 1. The van der Waals surface area contributed by atoms with Crippen LogP contribution in [0.25, 0.3) is 0 Å². The van der Waals surface area contributed by atoms with E-state index in [1.807, 2.05) is 0 Å². The molecule has 0 aliphatic heterocycles. The molecule has 1 unspecified atom stereocenters. The normalized spacial score (nSPS) is 12.1. The molecule has 0 aliphatic carbocycles. The molecule has 7 nitrogen and oxygen atoms in total. The van der Waals surface area contributed by atoms with Crippen LogP contribution in [0.1, 0.15) is 34.0 Å². The lowest BCUT2D eigenvalue weighted by atomic mass is 10.1. The molecule has 24 heavy (non-hydrogen) atoms. The van der Waals surface area contributed by atoms with E-state index in [1.54, 1.807) is 36.6 Å². The van der Waals surface area contributed by atoms with Crippen molar-refractivity contribution in [3.63, 3.8) is 0 Å². The number of aromatic nitrogens is 1. The minimum Gasteiger partial charge on any atom is -0.344 e. The Labute approximate surface area is 151 Å². The fourth-order valence-corrected chi connectivity index (χ4v) is 3.26. The molecule has 0 saturated carbocycles. The number of nitrogens with one attached hydrogen (secondary N) is 2. The van der Waals surface area contributed by atoms with Crippen molar-refractivity contribution < 1.29 is 13.2 Å². The highest BCUT2D eigenvalue weighted by molar-refractivity contribution is 7.92. The maximum atomic E-state index is 12.2. The zero-order valence-electron chi connectivity index (χ0n) is 13.1. The van der Waals surface area contributed by atoms with E-state index in [2.05, 4.69) is 15.0 Å². The van der Waals surface area contributed by atoms with E-state index in [0.717, 1.165) is 6.26 Å². The van der Waals surface area contributed by atoms with Crippen LogP contribution in [0.5, 0.6) is 0 Å². The predicted molar refractivity (Wildman–Crippen MR) is 98.0 cm³/mol. The van der Waals surface area contributed by atoms with E-state index < -0.39 is 16.1 Å². The topological polar surface area (TPSA) is 114 Å². The van der Waals surface area contributed by atoms with E-state index in [-0.39, 0.29) is 24.9 Å². The molecule has 4 N–H and O–H groups in total. The SMILES string of the molecule is CC(NC(=O)c1csc(CN)n1)c1ccccc1NS(C)(=O)=O.Cl. The predicted octanol–water partition coefficient (Wildman–Crippen LogP) is 1.89. The number of thiazole rings is 1. The van der Waals surface area contributed by atoms with Crippen LogP contribution in [0.2, 0.25) is 0 Å². The number of carbonyl (C=O) groups excluding carboxylic acids is 1. The van der Waals surface area contributed by atoms with Gasteiger partial charge in [-0.05, 0) is 18.6 Å². The van der Waals surface area contributed by atoms with Crippen molar-refractivity contribution in [3.8, 4) is 0 Å². The molecule has 1 heterocycles. The summed E-state index contributed by atoms with van der Waals surface area (Å²) in [6.45, 7) is 2.06. The van der Waals surface area contributed by atoms with Gasteiger partial charge in [0.2, 0.25) is 10.0 Å². The second-order valence-electron chi connectivity index (χ2n) is 4.99. The molecule has 1 aromatic heterocycles. The first-order valence-electron chi connectivity index (χ1n) is 6.82. The van der Waals surface area contributed by atoms with Crippen LogP contribution < -0.4 is 15.8 Å². The number of rotatable bonds is 6. The monoisotopic (exact) mass is 390 g/mol. The summed E-state index contributed by atoms with van der Waals surface area (Å²) < 4.78 is 25.3. The van der Waals surface area contributed by atoms with Gasteiger partial charge in [0, 0.05) is 11.9 Å². The van der Waals surface area contributed by atoms with Crippen LogP contribution in [0.4, 0.5) is 5.69 Å². The van der Waals surface area contributed by atoms with Gasteiger partial charge in [0.25, 0.3) is 5.91 Å². The van der Waals surface area contributed by atoms with Gasteiger partial charge in [-0.25, -0.2) is 13.4 Å². The number of nitrogens with two attached hydrogens (primary N) is 1. The summed E-state index contributed by atoms with van der Waals surface area (Å²) in [6, 6.07) is 6.51. The number of carbonyl (C=O) groups is 1. The lowest BCUT2D eigenvalue weighted by molar-refractivity contribution is 0.0935. The van der Waals surface area contributed by atoms with Gasteiger partial charge in [-0.1, -0.05) is 18.2 Å². The number of nitrogens with zero attached hydrogens (tertiary/aromatic N) is 1. The van der Waals surface area contributed by atoms with E-state index >= 15 is 0 Å². The van der Waals surface area contributed by atoms with Crippen LogP contribution in [0, 0.1) is 0 Å². The number of halogens is 1. The third-order valence-electron chi connectivity index (χ3n) is 3.03. The first-order chi connectivity index (χ1) is 10.8. The Balaban J connectivity index is 0.00000288. The molecule has 0 bridgehead atoms. The number of sulfonamides is 1. The summed E-state index contributed by atoms with van der Waals surface area (Å²) in [6.07, 6.45) is 1.08. The van der Waals surface area contributed by atoms with Crippen molar-refractivity contribution in [2.75, 3.05) is 11.0 Å². The van der Waals surface area contributed by atoms with Gasteiger partial charge >= 0.3 is 0 Å². The smallest absolute Gasteiger partial charge is 0.271 e. The average Bonchev–Trinajstić information content (AvgIpc) is 2.95. The fourth-order valence-electron chi connectivity index (χ4n) is 2.02. The average molecular weight is 391 g/mol. The molecule has 2 aromatic rings. The lowest BCUT2D eigenvalue weighted by Crippen LogP contribution is -2.28. The maximum Gasteiger partial charge on any atom is 0.271 e. The highest BCUT2D eigenvalue weighted by atomic mass is 35.5. The Morgan fingerprint density at radius 1 is 1.38 bits per heavy atom. The van der Waals surface area contributed by atoms with Gasteiger partial charge in [0.1, 0.15) is 10.7 Å². The van der Waals surface area contributed by atoms with Crippen molar-refractivity contribution in [1.82, 2.24) is 10.3 Å². The minimum absolute atomic E-state index is 0. The molecule has 0 saturated heterocycles. The van der Waals surface area contributed by atoms with Crippen molar-refractivity contribution in [3.05, 3.63) is 45.9 Å². The second kappa shape index (κ2) is 8.43. The summed E-state index contributed by atoms with van der Waals surface area (Å²) in [7, 11) is -3.40. The Hall–Kier alpha value is -1.68. The third-order valence-corrected chi connectivity index (χ3v) is 4.49. The zero-order valence-corrected chi connectivity index (χ0v) is 15.6. The van der Waals surface area contributed by atoms with E-state index in [1.165, 1.54) is 11.3 Å². The number of hydrogen-bond acceptors (Lipinski definition) is 6. The molecule has 0 spiro atoms. The number of anilines is 1. The van der Waals surface area contributed by atoms with Gasteiger partial charge in [-0.15, -0.1) is 23.7 Å². The van der Waals surface area contributed by atoms with E-state index in [9.17, 15) is 13.2 Å². The van der Waals surface area contributed by atoms with Crippen molar-refractivity contribution in [2.45, 2.75) is 19.5 Å². The number of hydrogen-bond donors (Lipinski definition) is 3. The molecular weight excluding hydrogens is 372 g/mol. The second-order valence-corrected chi connectivity index (χ2v) is 7.68. The molecule has 0 radical (unpaired) electrons. The summed E-state index contributed by atoms with van der Waals surface area (Å²) in [5.74, 6) is -0.331. The summed E-state index contributed by atoms with van der Waals surface area (Å²) in [4.78, 5) is 16.3. The van der Waals surface area contributed by atoms with Crippen molar-refractivity contribution >= 4 is 45.4 Å². The lowest BCUT2D eigenvalue weighted by Gasteiger charge is -2.18. The molecule has 0 aliphatic rings. The Morgan fingerprint density at radius 3 is 2.62 bits per heavy atom. The van der Waals surface area contributed by atoms with E-state index in [0.29, 0.717) is 22.0 Å². The van der Waals surface area contributed by atoms with Gasteiger partial charge in [-0.2, -0.15) is 0 Å². The molecule has 1 aromatic carbocycles. The maximum absolute atomic E-state index is 12.2. The standard InChI is InChI=1S/C14H18N4O3S2.ClH/c1-9(16-14(19)12-8-22-13(7-15)17-12)10-5-3-4-6-11(10)18-23(2,20)21;/h3-6,8-9,18H,7,15H2,1-2H3,(H,16,19);1H. The Morgan fingerprint density at radius 2 is 2.04 bits per heavy atom. The number of amides is 1. The molecular formula is C14H19ClN4O3S2. The first kappa shape index (κ1) is 20.4. The third kappa shape index (κ3) is 5.45. The van der Waals surface area contributed by atoms with Gasteiger partial charge < -0.3 is 11.1 Å². The highest BCUT2D eigenvalue weighted by Gasteiger charge is 2.17. The van der Waals surface area contributed by atoms with Crippen LogP contribution in [-0.2, 0) is 16.6 Å². The van der Waals surface area contributed by atoms with Crippen LogP contribution >= 0.6 is 23.7 Å². The fraction of sp³-hybridized carbons (Fsp3) is 0.286. The van der Waals surface area contributed by atoms with Crippen LogP contribution in [0.15, 0.2) is 29.6 Å². The molecule has 2 rings (SSSR count).